The minimum atomic E-state index is 0.281. The molecule has 0 atom stereocenters. The molecule has 0 aliphatic rings. The van der Waals surface area contributed by atoms with Crippen LogP contribution in [0.5, 0.6) is 0 Å². The normalized spacial score (nSPS) is 10.3. The molecule has 1 heterocycles. The van der Waals surface area contributed by atoms with Crippen LogP contribution in [0.2, 0.25) is 0 Å². The third kappa shape index (κ3) is 9.20. The van der Waals surface area contributed by atoms with Crippen LogP contribution in [0.1, 0.15) is 0 Å². The van der Waals surface area contributed by atoms with Gasteiger partial charge in [0.05, 0.1) is 27.7 Å². The van der Waals surface area contributed by atoms with Crippen LogP contribution in [0.3, 0.4) is 0 Å². The Bertz CT molecular complexity index is 148. The summed E-state index contributed by atoms with van der Waals surface area (Å²) in [5.41, 5.74) is 0. The van der Waals surface area contributed by atoms with Crippen LogP contribution in [0.15, 0.2) is 24.5 Å². The molecule has 0 amide bonds. The highest BCUT2D eigenvalue weighted by molar-refractivity contribution is 4.84. The summed E-state index contributed by atoms with van der Waals surface area (Å²) in [6.07, 6.45) is 3.75. The van der Waals surface area contributed by atoms with E-state index in [0.29, 0.717) is 0 Å². The van der Waals surface area contributed by atoms with Gasteiger partial charge in [0.1, 0.15) is 6.54 Å². The van der Waals surface area contributed by atoms with Crippen molar-refractivity contribution in [2.75, 3.05) is 34.3 Å². The van der Waals surface area contributed by atoms with E-state index in [4.69, 9.17) is 5.11 Å². The molecular formula is C9H19N2O+. The van der Waals surface area contributed by atoms with Crippen molar-refractivity contribution in [1.29, 1.82) is 0 Å². The zero-order valence-corrected chi connectivity index (χ0v) is 8.12. The van der Waals surface area contributed by atoms with Crippen LogP contribution in [-0.4, -0.2) is 48.9 Å². The van der Waals surface area contributed by atoms with Crippen molar-refractivity contribution in [3.8, 4) is 0 Å². The SMILES string of the molecule is C[N+](C)(C)CCO.c1cc[nH]c1. The fourth-order valence-electron chi connectivity index (χ4n) is 0.578. The van der Waals surface area contributed by atoms with Gasteiger partial charge in [0.2, 0.25) is 0 Å². The molecule has 3 heteroatoms. The average molecular weight is 171 g/mol. The number of aromatic nitrogens is 1. The summed E-state index contributed by atoms with van der Waals surface area (Å²) in [6, 6.07) is 3.89. The van der Waals surface area contributed by atoms with E-state index in [1.165, 1.54) is 0 Å². The number of nitrogens with zero attached hydrogens (tertiary/aromatic N) is 1. The first-order valence-electron chi connectivity index (χ1n) is 4.05. The topological polar surface area (TPSA) is 36.0 Å². The van der Waals surface area contributed by atoms with E-state index < -0.39 is 0 Å². The summed E-state index contributed by atoms with van der Waals surface area (Å²) in [4.78, 5) is 2.86. The van der Waals surface area contributed by atoms with Gasteiger partial charge in [-0.05, 0) is 12.1 Å². The van der Waals surface area contributed by atoms with Crippen molar-refractivity contribution in [3.63, 3.8) is 0 Å². The lowest BCUT2D eigenvalue weighted by molar-refractivity contribution is -0.870. The van der Waals surface area contributed by atoms with Crippen LogP contribution >= 0.6 is 0 Å². The average Bonchev–Trinajstić information content (AvgIpc) is 2.38. The molecule has 0 spiro atoms. The first-order valence-corrected chi connectivity index (χ1v) is 4.05. The summed E-state index contributed by atoms with van der Waals surface area (Å²) >= 11 is 0. The minimum Gasteiger partial charge on any atom is -0.391 e. The van der Waals surface area contributed by atoms with Crippen molar-refractivity contribution >= 4 is 0 Å². The fraction of sp³-hybridized carbons (Fsp3) is 0.556. The number of aliphatic hydroxyl groups is 1. The summed E-state index contributed by atoms with van der Waals surface area (Å²) in [5.74, 6) is 0. The highest BCUT2D eigenvalue weighted by Crippen LogP contribution is 1.84. The zero-order chi connectivity index (χ0) is 9.45. The Morgan fingerprint density at radius 1 is 1.17 bits per heavy atom. The molecule has 0 unspecified atom stereocenters. The van der Waals surface area contributed by atoms with Gasteiger partial charge in [-0.2, -0.15) is 0 Å². The lowest BCUT2D eigenvalue weighted by Crippen LogP contribution is -2.36. The number of aromatic amines is 1. The number of aliphatic hydroxyl groups excluding tert-OH is 1. The second kappa shape index (κ2) is 5.80. The lowest BCUT2D eigenvalue weighted by Gasteiger charge is -2.21. The van der Waals surface area contributed by atoms with Crippen LogP contribution < -0.4 is 0 Å². The van der Waals surface area contributed by atoms with E-state index >= 15 is 0 Å². The van der Waals surface area contributed by atoms with Crippen LogP contribution in [-0.2, 0) is 0 Å². The van der Waals surface area contributed by atoms with Crippen molar-refractivity contribution in [2.45, 2.75) is 0 Å². The van der Waals surface area contributed by atoms with Crippen molar-refractivity contribution in [2.24, 2.45) is 0 Å². The van der Waals surface area contributed by atoms with Gasteiger partial charge < -0.3 is 14.6 Å². The molecule has 1 aromatic rings. The van der Waals surface area contributed by atoms with Gasteiger partial charge >= 0.3 is 0 Å². The summed E-state index contributed by atoms with van der Waals surface area (Å²) in [5, 5.41) is 8.39. The molecule has 0 fully saturated rings. The minimum absolute atomic E-state index is 0.281. The number of H-pyrrole nitrogens is 1. The Morgan fingerprint density at radius 3 is 1.75 bits per heavy atom. The summed E-state index contributed by atoms with van der Waals surface area (Å²) in [7, 11) is 6.16. The third-order valence-corrected chi connectivity index (χ3v) is 1.27. The van der Waals surface area contributed by atoms with E-state index in [0.717, 1.165) is 11.0 Å². The molecule has 3 nitrogen and oxygen atoms in total. The Balaban J connectivity index is 0.000000211. The Labute approximate surface area is 74.2 Å². The molecule has 0 saturated heterocycles. The van der Waals surface area contributed by atoms with Gasteiger partial charge in [-0.3, -0.25) is 0 Å². The van der Waals surface area contributed by atoms with E-state index in [-0.39, 0.29) is 6.61 Å². The van der Waals surface area contributed by atoms with E-state index in [1.807, 2.05) is 24.5 Å². The van der Waals surface area contributed by atoms with E-state index in [2.05, 4.69) is 26.1 Å². The fourth-order valence-corrected chi connectivity index (χ4v) is 0.578. The van der Waals surface area contributed by atoms with Crippen LogP contribution in [0.4, 0.5) is 0 Å². The number of likely N-dealkylation sites (N-methyl/N-ethyl adjacent to an activating group) is 1. The first kappa shape index (κ1) is 11.2. The Kier molecular flexibility index (Phi) is 5.41. The molecule has 12 heavy (non-hydrogen) atoms. The number of rotatable bonds is 2. The molecule has 1 rings (SSSR count). The molecule has 0 aromatic carbocycles. The second-order valence-corrected chi connectivity index (χ2v) is 3.62. The van der Waals surface area contributed by atoms with Crippen LogP contribution in [0, 0.1) is 0 Å². The first-order chi connectivity index (χ1) is 5.56. The molecule has 1 aromatic heterocycles. The monoisotopic (exact) mass is 171 g/mol. The Morgan fingerprint density at radius 2 is 1.67 bits per heavy atom. The maximum absolute atomic E-state index is 8.39. The Hall–Kier alpha value is -0.800. The summed E-state index contributed by atoms with van der Waals surface area (Å²) in [6.45, 7) is 1.11. The van der Waals surface area contributed by atoms with Gasteiger partial charge in [0, 0.05) is 12.4 Å². The van der Waals surface area contributed by atoms with Crippen molar-refractivity contribution in [3.05, 3.63) is 24.5 Å². The molecule has 0 aliphatic carbocycles. The van der Waals surface area contributed by atoms with Gasteiger partial charge in [-0.15, -0.1) is 0 Å². The highest BCUT2D eigenvalue weighted by Gasteiger charge is 2.02. The van der Waals surface area contributed by atoms with Gasteiger partial charge in [0.15, 0.2) is 0 Å². The zero-order valence-electron chi connectivity index (χ0n) is 8.12. The number of quaternary nitrogens is 1. The van der Waals surface area contributed by atoms with Crippen LogP contribution in [0.25, 0.3) is 0 Å². The van der Waals surface area contributed by atoms with Crippen molar-refractivity contribution in [1.82, 2.24) is 4.98 Å². The second-order valence-electron chi connectivity index (χ2n) is 3.62. The van der Waals surface area contributed by atoms with Gasteiger partial charge in [-0.1, -0.05) is 0 Å². The number of nitrogens with one attached hydrogen (secondary N) is 1. The summed E-state index contributed by atoms with van der Waals surface area (Å²) < 4.78 is 0.844. The molecule has 0 radical (unpaired) electrons. The molecular weight excluding hydrogens is 152 g/mol. The smallest absolute Gasteiger partial charge is 0.101 e. The maximum atomic E-state index is 8.39. The number of hydrogen-bond acceptors (Lipinski definition) is 1. The maximum Gasteiger partial charge on any atom is 0.101 e. The third-order valence-electron chi connectivity index (χ3n) is 1.27. The standard InChI is InChI=1S/C5H14NO.C4H5N/c1-6(2,3)4-5-7;1-2-4-5-3-1/h7H,4-5H2,1-3H3;1-5H/q+1;. The van der Waals surface area contributed by atoms with E-state index in [1.54, 1.807) is 0 Å². The molecule has 2 N–H and O–H groups in total. The predicted octanol–water partition coefficient (Wildman–Crippen LogP) is 0.700. The van der Waals surface area contributed by atoms with E-state index in [9.17, 15) is 0 Å². The predicted molar refractivity (Wildman–Crippen MR) is 50.8 cm³/mol. The van der Waals surface area contributed by atoms with Gasteiger partial charge in [-0.25, -0.2) is 0 Å². The largest absolute Gasteiger partial charge is 0.391 e. The molecule has 0 bridgehead atoms. The molecule has 0 aliphatic heterocycles. The van der Waals surface area contributed by atoms with Gasteiger partial charge in [0.25, 0.3) is 0 Å². The molecule has 0 saturated carbocycles. The molecule has 70 valence electrons. The quantitative estimate of drug-likeness (QED) is 0.631. The van der Waals surface area contributed by atoms with Crippen molar-refractivity contribution < 1.29 is 9.59 Å². The lowest BCUT2D eigenvalue weighted by atomic mass is 10.5. The number of hydrogen-bond donors (Lipinski definition) is 2. The highest BCUT2D eigenvalue weighted by atomic mass is 16.3.